The van der Waals surface area contributed by atoms with E-state index in [2.05, 4.69) is 10.6 Å². The summed E-state index contributed by atoms with van der Waals surface area (Å²) < 4.78 is 0. The summed E-state index contributed by atoms with van der Waals surface area (Å²) in [5, 5.41) is 9.57. The zero-order valence-corrected chi connectivity index (χ0v) is 19.4. The molecule has 0 aliphatic rings. The normalized spacial score (nSPS) is 10.5. The quantitative estimate of drug-likeness (QED) is 0.467. The minimum Gasteiger partial charge on any atom is -0.345 e. The van der Waals surface area contributed by atoms with Crippen LogP contribution < -0.4 is 10.6 Å². The highest BCUT2D eigenvalue weighted by Crippen LogP contribution is 2.21. The third-order valence-electron chi connectivity index (χ3n) is 4.23. The van der Waals surface area contributed by atoms with E-state index in [-0.39, 0.29) is 29.6 Å². The van der Waals surface area contributed by atoms with Gasteiger partial charge in [0.15, 0.2) is 0 Å². The van der Waals surface area contributed by atoms with Crippen molar-refractivity contribution in [3.63, 3.8) is 0 Å². The van der Waals surface area contributed by atoms with Crippen LogP contribution in [0.5, 0.6) is 0 Å². The first-order valence-corrected chi connectivity index (χ1v) is 11.8. The monoisotopic (exact) mass is 495 g/mol. The van der Waals surface area contributed by atoms with E-state index in [1.807, 2.05) is 35.0 Å². The minimum absolute atomic E-state index is 0.160. The fourth-order valence-electron chi connectivity index (χ4n) is 2.69. The molecule has 0 aliphatic heterocycles. The highest BCUT2D eigenvalue weighted by Gasteiger charge is 2.17. The molecule has 10 heteroatoms. The van der Waals surface area contributed by atoms with Gasteiger partial charge in [-0.1, -0.05) is 35.3 Å². The molecular weight excluding hydrogens is 477 g/mol. The first-order chi connectivity index (χ1) is 14.9. The SMILES string of the molecule is O=C(CNC(=O)c1ccc(Cl)cc1Cl)NCC(=O)N(Cc1cccs1)Cc1cccs1. The molecule has 2 aromatic heterocycles. The van der Waals surface area contributed by atoms with Crippen LogP contribution in [0.1, 0.15) is 20.1 Å². The van der Waals surface area contributed by atoms with Gasteiger partial charge in [0, 0.05) is 14.8 Å². The Morgan fingerprint density at radius 2 is 1.52 bits per heavy atom. The van der Waals surface area contributed by atoms with Crippen molar-refractivity contribution < 1.29 is 14.4 Å². The molecule has 162 valence electrons. The van der Waals surface area contributed by atoms with Gasteiger partial charge in [0.1, 0.15) is 0 Å². The number of hydrogen-bond donors (Lipinski definition) is 2. The van der Waals surface area contributed by atoms with Crippen LogP contribution in [0.3, 0.4) is 0 Å². The van der Waals surface area contributed by atoms with Crippen LogP contribution in [-0.4, -0.2) is 35.7 Å². The average molecular weight is 496 g/mol. The van der Waals surface area contributed by atoms with E-state index in [0.717, 1.165) is 9.75 Å². The molecule has 2 N–H and O–H groups in total. The number of amides is 3. The van der Waals surface area contributed by atoms with Crippen LogP contribution >= 0.6 is 45.9 Å². The Bertz CT molecular complexity index is 1000. The molecule has 31 heavy (non-hydrogen) atoms. The third-order valence-corrected chi connectivity index (χ3v) is 6.50. The Balaban J connectivity index is 1.50. The van der Waals surface area contributed by atoms with Crippen LogP contribution in [0.15, 0.2) is 53.2 Å². The van der Waals surface area contributed by atoms with Gasteiger partial charge >= 0.3 is 0 Å². The fraction of sp³-hybridized carbons (Fsp3) is 0.190. The molecule has 1 aromatic carbocycles. The Hall–Kier alpha value is -2.39. The maximum absolute atomic E-state index is 12.7. The van der Waals surface area contributed by atoms with Crippen LogP contribution in [0.4, 0.5) is 0 Å². The number of benzene rings is 1. The highest BCUT2D eigenvalue weighted by molar-refractivity contribution is 7.10. The summed E-state index contributed by atoms with van der Waals surface area (Å²) >= 11 is 15.0. The van der Waals surface area contributed by atoms with Crippen LogP contribution in [-0.2, 0) is 22.7 Å². The Morgan fingerprint density at radius 3 is 2.06 bits per heavy atom. The molecule has 0 unspecified atom stereocenters. The van der Waals surface area contributed by atoms with Crippen molar-refractivity contribution in [3.8, 4) is 0 Å². The van der Waals surface area contributed by atoms with Crippen molar-refractivity contribution in [2.24, 2.45) is 0 Å². The summed E-state index contributed by atoms with van der Waals surface area (Å²) in [4.78, 5) is 40.9. The fourth-order valence-corrected chi connectivity index (χ4v) is 4.62. The van der Waals surface area contributed by atoms with E-state index in [9.17, 15) is 14.4 Å². The molecule has 0 bridgehead atoms. The summed E-state index contributed by atoms with van der Waals surface area (Å²) in [6.07, 6.45) is 0. The molecule has 0 aliphatic carbocycles. The maximum Gasteiger partial charge on any atom is 0.253 e. The molecule has 0 fully saturated rings. The van der Waals surface area contributed by atoms with E-state index >= 15 is 0 Å². The lowest BCUT2D eigenvalue weighted by Crippen LogP contribution is -2.43. The van der Waals surface area contributed by atoms with Gasteiger partial charge in [-0.25, -0.2) is 0 Å². The second-order valence-corrected chi connectivity index (χ2v) is 9.40. The molecular formula is C21H19Cl2N3O3S2. The summed E-state index contributed by atoms with van der Waals surface area (Å²) in [5.74, 6) is -1.18. The minimum atomic E-state index is -0.500. The van der Waals surface area contributed by atoms with Gasteiger partial charge in [-0.2, -0.15) is 0 Å². The standard InChI is InChI=1S/C21H19Cl2N3O3S2/c22-14-5-6-17(18(23)9-14)21(29)25-10-19(27)24-11-20(28)26(12-15-3-1-7-30-15)13-16-4-2-8-31-16/h1-9H,10-13H2,(H,24,27)(H,25,29). The lowest BCUT2D eigenvalue weighted by molar-refractivity contribution is -0.133. The van der Waals surface area contributed by atoms with Crippen molar-refractivity contribution in [2.45, 2.75) is 13.1 Å². The molecule has 0 spiro atoms. The van der Waals surface area contributed by atoms with Gasteiger partial charge in [0.05, 0.1) is 36.8 Å². The first-order valence-electron chi connectivity index (χ1n) is 9.25. The summed E-state index contributed by atoms with van der Waals surface area (Å²) in [5.41, 5.74) is 0.216. The van der Waals surface area contributed by atoms with Crippen molar-refractivity contribution in [2.75, 3.05) is 13.1 Å². The number of carbonyl (C=O) groups is 3. The van der Waals surface area contributed by atoms with Gasteiger partial charge < -0.3 is 15.5 Å². The van der Waals surface area contributed by atoms with Gasteiger partial charge in [0.25, 0.3) is 5.91 Å². The van der Waals surface area contributed by atoms with Crippen LogP contribution in [0.25, 0.3) is 0 Å². The van der Waals surface area contributed by atoms with Gasteiger partial charge in [-0.15, -0.1) is 22.7 Å². The number of nitrogens with zero attached hydrogens (tertiary/aromatic N) is 1. The second kappa shape index (κ2) is 11.3. The topological polar surface area (TPSA) is 78.5 Å². The van der Waals surface area contributed by atoms with Gasteiger partial charge in [0.2, 0.25) is 11.8 Å². The summed E-state index contributed by atoms with van der Waals surface area (Å²) in [6, 6.07) is 12.3. The van der Waals surface area contributed by atoms with Crippen molar-refractivity contribution in [1.29, 1.82) is 0 Å². The molecule has 2 heterocycles. The molecule has 3 rings (SSSR count). The zero-order valence-electron chi connectivity index (χ0n) is 16.3. The molecule has 0 atom stereocenters. The highest BCUT2D eigenvalue weighted by atomic mass is 35.5. The largest absolute Gasteiger partial charge is 0.345 e. The van der Waals surface area contributed by atoms with E-state index in [1.54, 1.807) is 27.6 Å². The third kappa shape index (κ3) is 7.07. The molecule has 0 radical (unpaired) electrons. The number of hydrogen-bond acceptors (Lipinski definition) is 5. The van der Waals surface area contributed by atoms with Crippen LogP contribution in [0.2, 0.25) is 10.0 Å². The molecule has 3 aromatic rings. The second-order valence-electron chi connectivity index (χ2n) is 6.49. The predicted molar refractivity (Wildman–Crippen MR) is 125 cm³/mol. The van der Waals surface area contributed by atoms with E-state index in [0.29, 0.717) is 18.1 Å². The zero-order chi connectivity index (χ0) is 22.2. The Kier molecular flexibility index (Phi) is 8.48. The van der Waals surface area contributed by atoms with E-state index < -0.39 is 11.8 Å². The predicted octanol–water partition coefficient (Wildman–Crippen LogP) is 4.19. The first kappa shape index (κ1) is 23.3. The van der Waals surface area contributed by atoms with Crippen LogP contribution in [0, 0.1) is 0 Å². The van der Waals surface area contributed by atoms with Gasteiger partial charge in [-0.05, 0) is 41.1 Å². The molecule has 0 saturated heterocycles. The number of carbonyl (C=O) groups excluding carboxylic acids is 3. The van der Waals surface area contributed by atoms with E-state index in [4.69, 9.17) is 23.2 Å². The number of thiophene rings is 2. The summed E-state index contributed by atoms with van der Waals surface area (Å²) in [6.45, 7) is 0.500. The van der Waals surface area contributed by atoms with Gasteiger partial charge in [-0.3, -0.25) is 14.4 Å². The molecule has 0 saturated carbocycles. The summed E-state index contributed by atoms with van der Waals surface area (Å²) in [7, 11) is 0. The van der Waals surface area contributed by atoms with E-state index in [1.165, 1.54) is 18.2 Å². The number of halogens is 2. The smallest absolute Gasteiger partial charge is 0.253 e. The average Bonchev–Trinajstić information content (AvgIpc) is 3.44. The van der Waals surface area contributed by atoms with Crippen molar-refractivity contribution >= 4 is 63.6 Å². The lowest BCUT2D eigenvalue weighted by Gasteiger charge is -2.22. The Morgan fingerprint density at radius 1 is 0.871 bits per heavy atom. The lowest BCUT2D eigenvalue weighted by atomic mass is 10.2. The maximum atomic E-state index is 12.7. The number of rotatable bonds is 9. The molecule has 6 nitrogen and oxygen atoms in total. The molecule has 3 amide bonds. The Labute approximate surface area is 197 Å². The van der Waals surface area contributed by atoms with Crippen molar-refractivity contribution in [1.82, 2.24) is 15.5 Å². The van der Waals surface area contributed by atoms with Crippen molar-refractivity contribution in [3.05, 3.63) is 78.6 Å². The number of nitrogens with one attached hydrogen (secondary N) is 2.